The van der Waals surface area contributed by atoms with Crippen LogP contribution in [0.2, 0.25) is 16.6 Å². The van der Waals surface area contributed by atoms with Crippen molar-refractivity contribution >= 4 is 47.0 Å². The largest absolute Gasteiger partial charge is 0.461 e. The average Bonchev–Trinajstić information content (AvgIpc) is 3.91. The summed E-state index contributed by atoms with van der Waals surface area (Å²) in [6, 6.07) is 23.1. The average molecular weight is 941 g/mol. The third-order valence-electron chi connectivity index (χ3n) is 14.8. The van der Waals surface area contributed by atoms with Crippen LogP contribution in [0.25, 0.3) is 32.9 Å². The van der Waals surface area contributed by atoms with Crippen molar-refractivity contribution in [3.63, 3.8) is 0 Å². The fourth-order valence-corrected chi connectivity index (χ4v) is 16.7. The predicted molar refractivity (Wildman–Crippen MR) is 265 cm³/mol. The fourth-order valence-electron chi connectivity index (χ4n) is 11.5. The van der Waals surface area contributed by atoms with E-state index in [1.807, 2.05) is 70.5 Å². The van der Waals surface area contributed by atoms with Gasteiger partial charge in [0.15, 0.2) is 17.5 Å². The molecule has 4 fully saturated rings. The molecular formula is C55H58F4N6O2Si. The number of fused-ring (bicyclic) bond motifs is 4. The van der Waals surface area contributed by atoms with Crippen molar-refractivity contribution in [3.05, 3.63) is 119 Å². The van der Waals surface area contributed by atoms with Gasteiger partial charge in [0.25, 0.3) is 0 Å². The van der Waals surface area contributed by atoms with Crippen LogP contribution >= 0.6 is 0 Å². The summed E-state index contributed by atoms with van der Waals surface area (Å²) in [6.07, 6.45) is 2.55. The SMILES string of the molecule is [2H]C([2H])(Oc1nc(N2CCCO[C@H]3C[C@H]32)c2cnc(-c3cc(N=C(c4ccccc4)c4ccccc4)cc4cc(F)c(F)c(C#C[Si](C(C)C)(C(C)C)C(C)C)c34)c(F)c2n1)[C@@]12CCCN1C[C@H](F)C2. The standard InChI is InChI=1S/C55H58F4N6O2Si/c1-33(2)68(34(3)4,35(5)6)24-19-41-47-38(26-44(57)48(41)58)25-40(61-50(36-15-9-7-10-16-36)37-17-11-8-12-18-37)27-42(47)51-49(59)52-43(30-60-51)53(65-22-14-23-66-46-28-45(46)65)63-54(62-52)67-32-55-20-13-21-64(55)31-39(56)29-55/h7-12,15-18,25-27,30,33-35,39,45-46H,13-14,20-23,28-29,31-32H2,1-6H3/t39-,45-,46+,55+/m1/s1/i32D2. The second-order valence-electron chi connectivity index (χ2n) is 19.8. The summed E-state index contributed by atoms with van der Waals surface area (Å²) in [5.74, 6) is 0.313. The van der Waals surface area contributed by atoms with E-state index in [0.29, 0.717) is 56.2 Å². The Balaban J connectivity index is 1.24. The number of nitrogens with zero attached hydrogens (tertiary/aromatic N) is 6. The minimum absolute atomic E-state index is 0.0589. The van der Waals surface area contributed by atoms with Gasteiger partial charge in [0.1, 0.15) is 37.8 Å². The molecule has 3 aliphatic heterocycles. The number of alkyl halides is 1. The van der Waals surface area contributed by atoms with E-state index in [9.17, 15) is 2.74 Å². The number of pyridine rings is 1. The molecule has 2 aromatic heterocycles. The third-order valence-corrected chi connectivity index (χ3v) is 21.1. The van der Waals surface area contributed by atoms with Crippen molar-refractivity contribution in [3.8, 4) is 28.7 Å². The fraction of sp³-hybridized carbons (Fsp3) is 0.418. The summed E-state index contributed by atoms with van der Waals surface area (Å²) in [5, 5.41) is 0.645. The van der Waals surface area contributed by atoms with E-state index < -0.39 is 49.8 Å². The lowest BCUT2D eigenvalue weighted by atomic mass is 9.94. The second-order valence-corrected chi connectivity index (χ2v) is 25.4. The van der Waals surface area contributed by atoms with Crippen LogP contribution in [0.1, 0.15) is 93.1 Å². The van der Waals surface area contributed by atoms with Crippen molar-refractivity contribution in [1.29, 1.82) is 0 Å². The van der Waals surface area contributed by atoms with E-state index in [2.05, 4.69) is 58.0 Å². The van der Waals surface area contributed by atoms with Gasteiger partial charge in [-0.25, -0.2) is 22.6 Å². The molecule has 13 heteroatoms. The lowest BCUT2D eigenvalue weighted by Gasteiger charge is -2.38. The molecule has 0 spiro atoms. The Kier molecular flexibility index (Phi) is 11.7. The number of benzene rings is 4. The maximum Gasteiger partial charge on any atom is 0.319 e. The quantitative estimate of drug-likeness (QED) is 0.0554. The molecule has 0 bridgehead atoms. The van der Waals surface area contributed by atoms with Crippen LogP contribution in [-0.4, -0.2) is 90.3 Å². The van der Waals surface area contributed by atoms with Crippen LogP contribution in [0, 0.1) is 28.9 Å². The Morgan fingerprint density at radius 1 is 0.926 bits per heavy atom. The molecule has 3 saturated heterocycles. The van der Waals surface area contributed by atoms with Gasteiger partial charge in [-0.15, -0.1) is 5.54 Å². The highest BCUT2D eigenvalue weighted by Gasteiger charge is 2.50. The van der Waals surface area contributed by atoms with Gasteiger partial charge in [-0.3, -0.25) is 9.88 Å². The van der Waals surface area contributed by atoms with Gasteiger partial charge in [0.2, 0.25) is 0 Å². The van der Waals surface area contributed by atoms with Crippen molar-refractivity contribution in [2.45, 2.75) is 114 Å². The summed E-state index contributed by atoms with van der Waals surface area (Å²) in [5.41, 5.74) is 4.81. The van der Waals surface area contributed by atoms with E-state index in [1.54, 1.807) is 12.1 Å². The molecule has 8 nitrogen and oxygen atoms in total. The lowest BCUT2D eigenvalue weighted by Crippen LogP contribution is -2.43. The molecule has 4 atom stereocenters. The summed E-state index contributed by atoms with van der Waals surface area (Å²) in [4.78, 5) is 23.2. The zero-order valence-electron chi connectivity index (χ0n) is 41.4. The Morgan fingerprint density at radius 3 is 2.32 bits per heavy atom. The number of anilines is 1. The Hall–Kier alpha value is -5.68. The number of hydrogen-bond donors (Lipinski definition) is 0. The van der Waals surface area contributed by atoms with E-state index in [-0.39, 0.29) is 80.2 Å². The van der Waals surface area contributed by atoms with Crippen molar-refractivity contribution < 1.29 is 29.8 Å². The topological polar surface area (TPSA) is 76.0 Å². The molecule has 0 amide bonds. The van der Waals surface area contributed by atoms with E-state index in [4.69, 9.17) is 24.4 Å². The Labute approximate surface area is 400 Å². The maximum absolute atomic E-state index is 18.3. The van der Waals surface area contributed by atoms with Crippen LogP contribution in [0.3, 0.4) is 0 Å². The molecule has 4 aromatic carbocycles. The molecule has 68 heavy (non-hydrogen) atoms. The minimum Gasteiger partial charge on any atom is -0.461 e. The van der Waals surface area contributed by atoms with E-state index in [0.717, 1.165) is 23.6 Å². The summed E-state index contributed by atoms with van der Waals surface area (Å²) in [6.45, 7) is 12.0. The molecule has 1 aliphatic carbocycles. The van der Waals surface area contributed by atoms with Crippen LogP contribution in [-0.2, 0) is 4.74 Å². The van der Waals surface area contributed by atoms with E-state index >= 15 is 17.6 Å². The number of aliphatic imine (C=N–C) groups is 1. The predicted octanol–water partition coefficient (Wildman–Crippen LogP) is 12.3. The number of ether oxygens (including phenoxy) is 2. The first-order valence-electron chi connectivity index (χ1n) is 25.0. The van der Waals surface area contributed by atoms with Gasteiger partial charge in [0.05, 0.1) is 42.8 Å². The van der Waals surface area contributed by atoms with Gasteiger partial charge in [-0.2, -0.15) is 9.97 Å². The second kappa shape index (κ2) is 18.3. The highest BCUT2D eigenvalue weighted by Crippen LogP contribution is 2.45. The van der Waals surface area contributed by atoms with Gasteiger partial charge in [-0.1, -0.05) is 108 Å². The number of halogens is 4. The van der Waals surface area contributed by atoms with Crippen molar-refractivity contribution in [1.82, 2.24) is 19.9 Å². The molecule has 0 N–H and O–H groups in total. The molecular weight excluding hydrogens is 881 g/mol. The molecule has 5 heterocycles. The maximum atomic E-state index is 18.3. The van der Waals surface area contributed by atoms with Crippen LogP contribution < -0.4 is 9.64 Å². The Bertz CT molecular complexity index is 3020. The molecule has 1 saturated carbocycles. The molecule has 0 radical (unpaired) electrons. The molecule has 352 valence electrons. The molecule has 10 rings (SSSR count). The van der Waals surface area contributed by atoms with Gasteiger partial charge in [0, 0.05) is 54.4 Å². The molecule has 6 aromatic rings. The highest BCUT2D eigenvalue weighted by molar-refractivity contribution is 6.90. The summed E-state index contributed by atoms with van der Waals surface area (Å²) < 4.78 is 97.2. The number of rotatable bonds is 11. The first kappa shape index (κ1) is 43.6. The van der Waals surface area contributed by atoms with Crippen LogP contribution in [0.15, 0.2) is 90.1 Å². The minimum atomic E-state index is -2.53. The van der Waals surface area contributed by atoms with Crippen molar-refractivity contribution in [2.24, 2.45) is 4.99 Å². The Morgan fingerprint density at radius 2 is 1.63 bits per heavy atom. The van der Waals surface area contributed by atoms with Crippen LogP contribution in [0.4, 0.5) is 29.1 Å². The molecule has 0 unspecified atom stereocenters. The van der Waals surface area contributed by atoms with Crippen LogP contribution in [0.5, 0.6) is 6.01 Å². The number of hydrogen-bond acceptors (Lipinski definition) is 8. The van der Waals surface area contributed by atoms with Gasteiger partial charge < -0.3 is 14.4 Å². The molecule has 4 aliphatic rings. The summed E-state index contributed by atoms with van der Waals surface area (Å²) in [7, 11) is -2.53. The highest BCUT2D eigenvalue weighted by atomic mass is 28.3. The van der Waals surface area contributed by atoms with Crippen molar-refractivity contribution in [2.75, 3.05) is 37.7 Å². The first-order chi connectivity index (χ1) is 33.5. The zero-order valence-corrected chi connectivity index (χ0v) is 40.4. The normalized spacial score (nSPS) is 22.2. The first-order valence-corrected chi connectivity index (χ1v) is 26.3. The summed E-state index contributed by atoms with van der Waals surface area (Å²) >= 11 is 0. The monoisotopic (exact) mass is 940 g/mol. The van der Waals surface area contributed by atoms with Gasteiger partial charge >= 0.3 is 6.01 Å². The third kappa shape index (κ3) is 8.26. The van der Waals surface area contributed by atoms with Gasteiger partial charge in [-0.05, 0) is 72.4 Å². The van der Waals surface area contributed by atoms with E-state index in [1.165, 1.54) is 6.20 Å². The number of aromatic nitrogens is 3. The lowest BCUT2D eigenvalue weighted by molar-refractivity contribution is 0.107. The zero-order chi connectivity index (χ0) is 49.3. The smallest absolute Gasteiger partial charge is 0.319 e.